The van der Waals surface area contributed by atoms with E-state index in [0.717, 1.165) is 6.07 Å². The first kappa shape index (κ1) is 13.4. The van der Waals surface area contributed by atoms with Crippen molar-refractivity contribution in [3.8, 4) is 5.75 Å². The first-order chi connectivity index (χ1) is 9.10. The van der Waals surface area contributed by atoms with Crippen molar-refractivity contribution in [2.45, 2.75) is 12.5 Å². The van der Waals surface area contributed by atoms with Crippen LogP contribution in [0.5, 0.6) is 5.75 Å². The van der Waals surface area contributed by atoms with E-state index in [-0.39, 0.29) is 6.42 Å². The van der Waals surface area contributed by atoms with Crippen LogP contribution in [0.4, 0.5) is 8.78 Å². The molecule has 2 N–H and O–H groups in total. The van der Waals surface area contributed by atoms with E-state index in [2.05, 4.69) is 4.98 Å². The molecule has 2 rings (SSSR count). The lowest BCUT2D eigenvalue weighted by atomic mass is 10.0. The second-order valence-electron chi connectivity index (χ2n) is 4.18. The van der Waals surface area contributed by atoms with Crippen LogP contribution < -0.4 is 10.5 Å². The fourth-order valence-corrected chi connectivity index (χ4v) is 1.93. The van der Waals surface area contributed by atoms with Crippen molar-refractivity contribution < 1.29 is 13.5 Å². The number of nitrogens with two attached hydrogens (primary N) is 1. The van der Waals surface area contributed by atoms with E-state index in [0.29, 0.717) is 17.0 Å². The lowest BCUT2D eigenvalue weighted by Crippen LogP contribution is -2.16. The first-order valence-corrected chi connectivity index (χ1v) is 5.79. The summed E-state index contributed by atoms with van der Waals surface area (Å²) in [4.78, 5) is 4.15. The molecule has 0 saturated carbocycles. The monoisotopic (exact) mass is 264 g/mol. The highest BCUT2D eigenvalue weighted by molar-refractivity contribution is 5.31. The highest BCUT2D eigenvalue weighted by Gasteiger charge is 2.14. The third-order valence-electron chi connectivity index (χ3n) is 2.75. The molecule has 0 spiro atoms. The second-order valence-corrected chi connectivity index (χ2v) is 4.18. The van der Waals surface area contributed by atoms with Crippen LogP contribution in [0.2, 0.25) is 0 Å². The lowest BCUT2D eigenvalue weighted by Gasteiger charge is -2.14. The summed E-state index contributed by atoms with van der Waals surface area (Å²) >= 11 is 0. The summed E-state index contributed by atoms with van der Waals surface area (Å²) in [5, 5.41) is 0. The zero-order chi connectivity index (χ0) is 13.8. The quantitative estimate of drug-likeness (QED) is 0.923. The fraction of sp³-hybridized carbons (Fsp3) is 0.214. The standard InChI is InChI=1S/C14H14F2N2O/c1-19-13-3-2-4-18-14(13)12(17)7-9-5-10(15)8-11(16)6-9/h2-6,8,12H,7,17H2,1H3. The summed E-state index contributed by atoms with van der Waals surface area (Å²) in [5.74, 6) is -0.669. The Labute approximate surface area is 110 Å². The Balaban J connectivity index is 2.22. The number of hydrogen-bond acceptors (Lipinski definition) is 3. The van der Waals surface area contributed by atoms with Gasteiger partial charge >= 0.3 is 0 Å². The van der Waals surface area contributed by atoms with Gasteiger partial charge in [0.15, 0.2) is 0 Å². The SMILES string of the molecule is COc1cccnc1C(N)Cc1cc(F)cc(F)c1. The minimum absolute atomic E-state index is 0.280. The van der Waals surface area contributed by atoms with E-state index in [1.807, 2.05) is 0 Å². The third-order valence-corrected chi connectivity index (χ3v) is 2.75. The minimum atomic E-state index is -0.616. The largest absolute Gasteiger partial charge is 0.495 e. The van der Waals surface area contributed by atoms with Gasteiger partial charge in [-0.1, -0.05) is 0 Å². The van der Waals surface area contributed by atoms with Crippen molar-refractivity contribution in [1.82, 2.24) is 4.98 Å². The summed E-state index contributed by atoms with van der Waals surface area (Å²) in [6.07, 6.45) is 1.88. The molecule has 0 saturated heterocycles. The van der Waals surface area contributed by atoms with Gasteiger partial charge in [0, 0.05) is 12.3 Å². The molecule has 1 aromatic carbocycles. The molecule has 1 unspecified atom stereocenters. The van der Waals surface area contributed by atoms with Crippen molar-refractivity contribution in [2.75, 3.05) is 7.11 Å². The molecule has 1 atom stereocenters. The maximum Gasteiger partial charge on any atom is 0.141 e. The predicted octanol–water partition coefficient (Wildman–Crippen LogP) is 2.61. The minimum Gasteiger partial charge on any atom is -0.495 e. The average molecular weight is 264 g/mol. The Hall–Kier alpha value is -2.01. The second kappa shape index (κ2) is 5.75. The van der Waals surface area contributed by atoms with Gasteiger partial charge in [0.1, 0.15) is 17.4 Å². The van der Waals surface area contributed by atoms with Crippen LogP contribution in [0.1, 0.15) is 17.3 Å². The van der Waals surface area contributed by atoms with Gasteiger partial charge in [-0.25, -0.2) is 8.78 Å². The molecule has 0 fully saturated rings. The topological polar surface area (TPSA) is 48.1 Å². The number of hydrogen-bond donors (Lipinski definition) is 1. The lowest BCUT2D eigenvalue weighted by molar-refractivity contribution is 0.401. The number of rotatable bonds is 4. The normalized spacial score (nSPS) is 12.2. The van der Waals surface area contributed by atoms with Crippen LogP contribution in [0.3, 0.4) is 0 Å². The molecule has 0 amide bonds. The van der Waals surface area contributed by atoms with Gasteiger partial charge in [-0.2, -0.15) is 0 Å². The van der Waals surface area contributed by atoms with E-state index in [1.54, 1.807) is 18.3 Å². The number of ether oxygens (including phenoxy) is 1. The summed E-state index contributed by atoms with van der Waals surface area (Å²) in [5.41, 5.74) is 7.06. The van der Waals surface area contributed by atoms with Crippen molar-refractivity contribution in [1.29, 1.82) is 0 Å². The molecule has 5 heteroatoms. The first-order valence-electron chi connectivity index (χ1n) is 5.79. The summed E-state index contributed by atoms with van der Waals surface area (Å²) in [7, 11) is 1.52. The molecule has 1 aromatic heterocycles. The maximum absolute atomic E-state index is 13.1. The molecule has 100 valence electrons. The van der Waals surface area contributed by atoms with Gasteiger partial charge in [-0.15, -0.1) is 0 Å². The Morgan fingerprint density at radius 1 is 1.26 bits per heavy atom. The van der Waals surface area contributed by atoms with Gasteiger partial charge in [0.05, 0.1) is 18.8 Å². The molecule has 0 aliphatic rings. The van der Waals surface area contributed by atoms with Crippen LogP contribution in [0.15, 0.2) is 36.5 Å². The van der Waals surface area contributed by atoms with Crippen LogP contribution in [0.25, 0.3) is 0 Å². The van der Waals surface area contributed by atoms with Gasteiger partial charge in [-0.05, 0) is 36.2 Å². The van der Waals surface area contributed by atoms with Crippen LogP contribution in [-0.2, 0) is 6.42 Å². The highest BCUT2D eigenvalue weighted by atomic mass is 19.1. The third kappa shape index (κ3) is 3.26. The van der Waals surface area contributed by atoms with E-state index >= 15 is 0 Å². The molecule has 2 aromatic rings. The molecule has 1 heterocycles. The zero-order valence-electron chi connectivity index (χ0n) is 10.4. The summed E-state index contributed by atoms with van der Waals surface area (Å²) in [6.45, 7) is 0. The van der Waals surface area contributed by atoms with E-state index in [1.165, 1.54) is 19.2 Å². The molecular weight excluding hydrogens is 250 g/mol. The molecule has 0 aliphatic heterocycles. The number of methoxy groups -OCH3 is 1. The smallest absolute Gasteiger partial charge is 0.141 e. The predicted molar refractivity (Wildman–Crippen MR) is 67.8 cm³/mol. The number of benzene rings is 1. The molecule has 0 radical (unpaired) electrons. The fourth-order valence-electron chi connectivity index (χ4n) is 1.93. The van der Waals surface area contributed by atoms with Crippen LogP contribution >= 0.6 is 0 Å². The van der Waals surface area contributed by atoms with Crippen molar-refractivity contribution in [3.63, 3.8) is 0 Å². The number of aromatic nitrogens is 1. The van der Waals surface area contributed by atoms with Gasteiger partial charge in [0.25, 0.3) is 0 Å². The molecule has 0 aliphatic carbocycles. The summed E-state index contributed by atoms with van der Waals surface area (Å²) < 4.78 is 31.4. The van der Waals surface area contributed by atoms with E-state index in [4.69, 9.17) is 10.5 Å². The molecule has 3 nitrogen and oxygen atoms in total. The Kier molecular flexibility index (Phi) is 4.06. The Morgan fingerprint density at radius 2 is 1.95 bits per heavy atom. The maximum atomic E-state index is 13.1. The van der Waals surface area contributed by atoms with E-state index < -0.39 is 17.7 Å². The van der Waals surface area contributed by atoms with Gasteiger partial charge in [0.2, 0.25) is 0 Å². The number of nitrogens with zero attached hydrogens (tertiary/aromatic N) is 1. The number of pyridine rings is 1. The highest BCUT2D eigenvalue weighted by Crippen LogP contribution is 2.23. The van der Waals surface area contributed by atoms with Crippen LogP contribution in [-0.4, -0.2) is 12.1 Å². The zero-order valence-corrected chi connectivity index (χ0v) is 10.4. The average Bonchev–Trinajstić information content (AvgIpc) is 2.37. The van der Waals surface area contributed by atoms with Crippen molar-refractivity contribution in [2.24, 2.45) is 5.73 Å². The van der Waals surface area contributed by atoms with Crippen molar-refractivity contribution >= 4 is 0 Å². The van der Waals surface area contributed by atoms with Gasteiger partial charge < -0.3 is 10.5 Å². The van der Waals surface area contributed by atoms with E-state index in [9.17, 15) is 8.78 Å². The Bertz CT molecular complexity index is 555. The summed E-state index contributed by atoms with van der Waals surface area (Å²) in [6, 6.07) is 6.34. The molecule has 0 bridgehead atoms. The van der Waals surface area contributed by atoms with Gasteiger partial charge in [-0.3, -0.25) is 4.98 Å². The number of halogens is 2. The molecular formula is C14H14F2N2O. The van der Waals surface area contributed by atoms with Crippen LogP contribution in [0, 0.1) is 11.6 Å². The molecule has 19 heavy (non-hydrogen) atoms. The van der Waals surface area contributed by atoms with Crippen molar-refractivity contribution in [3.05, 3.63) is 59.4 Å². The Morgan fingerprint density at radius 3 is 2.58 bits per heavy atom.